The van der Waals surface area contributed by atoms with Gasteiger partial charge in [-0.05, 0) is 0 Å². The minimum atomic E-state index is 0. The molecule has 0 aromatic heterocycles. The van der Waals surface area contributed by atoms with Crippen molar-refractivity contribution >= 4 is 12.4 Å². The molecule has 0 bridgehead atoms. The second kappa shape index (κ2) is 4.45. The first-order valence-electron chi connectivity index (χ1n) is 1.72. The molecule has 0 N–H and O–H groups in total. The summed E-state index contributed by atoms with van der Waals surface area (Å²) in [5.41, 5.74) is 0. The molecule has 0 saturated heterocycles. The Morgan fingerprint density at radius 1 is 1.33 bits per heavy atom. The maximum Gasteiger partial charge on any atom is 1.00 e. The fourth-order valence-electron chi connectivity index (χ4n) is 0.118. The molecule has 0 amide bonds. The van der Waals surface area contributed by atoms with Gasteiger partial charge >= 0.3 is 29.6 Å². The fraction of sp³-hybridized carbons (Fsp3) is 0.750. The van der Waals surface area contributed by atoms with E-state index in [1.807, 2.05) is 0 Å². The first-order chi connectivity index (χ1) is 1.89. The summed E-state index contributed by atoms with van der Waals surface area (Å²) in [6.07, 6.45) is 2.75. The van der Waals surface area contributed by atoms with Gasteiger partial charge in [0.15, 0.2) is 0 Å². The average Bonchev–Trinajstić information content (AvgIpc) is 1.75. The van der Waals surface area contributed by atoms with Crippen LogP contribution < -0.4 is 29.6 Å². The molecule has 0 aliphatic heterocycles. The number of hydrogen-bond donors (Lipinski definition) is 0. The molecule has 2 heteroatoms. The Morgan fingerprint density at radius 3 is 1.50 bits per heavy atom. The van der Waals surface area contributed by atoms with Crippen molar-refractivity contribution in [3.63, 3.8) is 0 Å². The van der Waals surface area contributed by atoms with E-state index < -0.39 is 0 Å². The second-order valence-corrected chi connectivity index (χ2v) is 1.44. The van der Waals surface area contributed by atoms with Crippen LogP contribution in [0.25, 0.3) is 0 Å². The van der Waals surface area contributed by atoms with E-state index in [-0.39, 0.29) is 42.0 Å². The van der Waals surface area contributed by atoms with Crippen LogP contribution in [0.5, 0.6) is 0 Å². The summed E-state index contributed by atoms with van der Waals surface area (Å²) in [6, 6.07) is 0. The van der Waals surface area contributed by atoms with Crippen LogP contribution in [0.1, 0.15) is 12.8 Å². The maximum atomic E-state index is 3.75. The van der Waals surface area contributed by atoms with Crippen LogP contribution in [-0.2, 0) is 0 Å². The maximum absolute atomic E-state index is 3.75. The van der Waals surface area contributed by atoms with Crippen LogP contribution in [-0.4, -0.2) is 0 Å². The van der Waals surface area contributed by atoms with Crippen LogP contribution in [0.4, 0.5) is 0 Å². The zero-order chi connectivity index (χ0) is 2.99. The molecule has 1 saturated carbocycles. The standard InChI is InChI=1S/C4H7.ClH.Na/c1-4-2-3-4;;/h4H,1-3H2;1H;/q-1;;+1. The van der Waals surface area contributed by atoms with E-state index in [1.54, 1.807) is 0 Å². The molecule has 1 rings (SSSR count). The van der Waals surface area contributed by atoms with Crippen molar-refractivity contribution in [3.8, 4) is 0 Å². The molecule has 0 radical (unpaired) electrons. The first kappa shape index (κ1) is 10.3. The molecule has 0 aromatic rings. The van der Waals surface area contributed by atoms with Crippen molar-refractivity contribution in [2.75, 3.05) is 0 Å². The molecule has 6 heavy (non-hydrogen) atoms. The Kier molecular flexibility index (Phi) is 7.64. The minimum absolute atomic E-state index is 0. The fourth-order valence-corrected chi connectivity index (χ4v) is 0.118. The first-order valence-corrected chi connectivity index (χ1v) is 1.72. The second-order valence-electron chi connectivity index (χ2n) is 1.44. The van der Waals surface area contributed by atoms with Gasteiger partial charge in [-0.15, -0.1) is 12.4 Å². The normalized spacial score (nSPS) is 17.5. The SMILES string of the molecule is Cl.[CH2-]C1CC1.[Na+]. The summed E-state index contributed by atoms with van der Waals surface area (Å²) in [5.74, 6) is 0.833. The number of rotatable bonds is 0. The Bertz CT molecular complexity index is 26.7. The Balaban J connectivity index is 0. The Morgan fingerprint density at radius 2 is 1.50 bits per heavy atom. The molecule has 1 fully saturated rings. The van der Waals surface area contributed by atoms with E-state index in [0.717, 1.165) is 5.92 Å². The van der Waals surface area contributed by atoms with Gasteiger partial charge in [0, 0.05) is 0 Å². The zero-order valence-corrected chi connectivity index (χ0v) is 6.92. The average molecular weight is 115 g/mol. The van der Waals surface area contributed by atoms with Gasteiger partial charge in [-0.25, -0.2) is 0 Å². The van der Waals surface area contributed by atoms with Crippen LogP contribution in [0.2, 0.25) is 0 Å². The van der Waals surface area contributed by atoms with E-state index in [9.17, 15) is 0 Å². The Hall–Kier alpha value is 1.29. The molecule has 0 nitrogen and oxygen atoms in total. The van der Waals surface area contributed by atoms with Gasteiger partial charge in [0.2, 0.25) is 0 Å². The monoisotopic (exact) mass is 114 g/mol. The molecular formula is C4H8ClNa. The van der Waals surface area contributed by atoms with Gasteiger partial charge in [0.25, 0.3) is 0 Å². The molecular weight excluding hydrogens is 106 g/mol. The van der Waals surface area contributed by atoms with Crippen molar-refractivity contribution in [1.29, 1.82) is 0 Å². The van der Waals surface area contributed by atoms with Gasteiger partial charge in [0.1, 0.15) is 0 Å². The Labute approximate surface area is 67.4 Å². The van der Waals surface area contributed by atoms with Gasteiger partial charge in [-0.3, -0.25) is 0 Å². The van der Waals surface area contributed by atoms with Gasteiger partial charge in [-0.2, -0.15) is 5.92 Å². The molecule has 32 valence electrons. The molecule has 0 atom stereocenters. The topological polar surface area (TPSA) is 0 Å². The predicted molar refractivity (Wildman–Crippen MR) is 25.3 cm³/mol. The van der Waals surface area contributed by atoms with E-state index in [4.69, 9.17) is 0 Å². The molecule has 0 spiro atoms. The van der Waals surface area contributed by atoms with Crippen LogP contribution >= 0.6 is 12.4 Å². The summed E-state index contributed by atoms with van der Waals surface area (Å²) in [4.78, 5) is 0. The van der Waals surface area contributed by atoms with E-state index >= 15 is 0 Å². The molecule has 1 aliphatic carbocycles. The van der Waals surface area contributed by atoms with Crippen molar-refractivity contribution in [2.45, 2.75) is 12.8 Å². The minimum Gasteiger partial charge on any atom is -0.340 e. The van der Waals surface area contributed by atoms with Gasteiger partial charge in [0.05, 0.1) is 0 Å². The smallest absolute Gasteiger partial charge is 0.340 e. The van der Waals surface area contributed by atoms with Crippen LogP contribution in [0, 0.1) is 12.8 Å². The summed E-state index contributed by atoms with van der Waals surface area (Å²) in [5, 5.41) is 0. The largest absolute Gasteiger partial charge is 1.00 e. The van der Waals surface area contributed by atoms with Gasteiger partial charge < -0.3 is 6.92 Å². The van der Waals surface area contributed by atoms with Gasteiger partial charge in [-0.1, -0.05) is 12.8 Å². The van der Waals surface area contributed by atoms with E-state index in [0.29, 0.717) is 0 Å². The third-order valence-electron chi connectivity index (χ3n) is 0.697. The molecule has 0 unspecified atom stereocenters. The number of hydrogen-bond acceptors (Lipinski definition) is 0. The summed E-state index contributed by atoms with van der Waals surface area (Å²) < 4.78 is 0. The third kappa shape index (κ3) is 5.29. The van der Waals surface area contributed by atoms with E-state index in [1.165, 1.54) is 12.8 Å². The van der Waals surface area contributed by atoms with Crippen LogP contribution in [0.3, 0.4) is 0 Å². The summed E-state index contributed by atoms with van der Waals surface area (Å²) >= 11 is 0. The van der Waals surface area contributed by atoms with Crippen LogP contribution in [0.15, 0.2) is 0 Å². The van der Waals surface area contributed by atoms with Crippen molar-refractivity contribution in [3.05, 3.63) is 6.92 Å². The van der Waals surface area contributed by atoms with Crippen molar-refractivity contribution < 1.29 is 29.6 Å². The molecule has 0 heterocycles. The number of halogens is 1. The third-order valence-corrected chi connectivity index (χ3v) is 0.697. The zero-order valence-electron chi connectivity index (χ0n) is 4.11. The van der Waals surface area contributed by atoms with Crippen molar-refractivity contribution in [1.82, 2.24) is 0 Å². The predicted octanol–water partition coefficient (Wildman–Crippen LogP) is -1.34. The van der Waals surface area contributed by atoms with E-state index in [2.05, 4.69) is 6.92 Å². The molecule has 0 aromatic carbocycles. The molecule has 1 aliphatic rings. The summed E-state index contributed by atoms with van der Waals surface area (Å²) in [7, 11) is 0. The summed E-state index contributed by atoms with van der Waals surface area (Å²) in [6.45, 7) is 3.75. The quantitative estimate of drug-likeness (QED) is 0.270. The van der Waals surface area contributed by atoms with Crippen molar-refractivity contribution in [2.24, 2.45) is 5.92 Å².